The number of hydrogen-bond acceptors (Lipinski definition) is 5. The number of rotatable bonds is 1. The van der Waals surface area contributed by atoms with Crippen molar-refractivity contribution in [2.75, 3.05) is 6.61 Å². The fourth-order valence-corrected chi connectivity index (χ4v) is 1.02. The first-order valence-electron chi connectivity index (χ1n) is 3.92. The van der Waals surface area contributed by atoms with E-state index in [0.717, 1.165) is 0 Å². The summed E-state index contributed by atoms with van der Waals surface area (Å²) in [6, 6.07) is 0. The SMILES string of the molecule is [2H]CC1(O)O[C@H](CO)[C@@H](O)[C@@H]1O. The van der Waals surface area contributed by atoms with E-state index >= 15 is 0 Å². The molecule has 0 spiro atoms. The van der Waals surface area contributed by atoms with E-state index in [9.17, 15) is 5.11 Å². The summed E-state index contributed by atoms with van der Waals surface area (Å²) in [5.74, 6) is -2.05. The molecule has 11 heavy (non-hydrogen) atoms. The highest BCUT2D eigenvalue weighted by Gasteiger charge is 2.49. The van der Waals surface area contributed by atoms with Crippen molar-refractivity contribution < 1.29 is 26.5 Å². The van der Waals surface area contributed by atoms with E-state index in [4.69, 9.17) is 16.7 Å². The van der Waals surface area contributed by atoms with Crippen LogP contribution in [0.4, 0.5) is 0 Å². The largest absolute Gasteiger partial charge is 0.394 e. The van der Waals surface area contributed by atoms with Crippen LogP contribution < -0.4 is 0 Å². The zero-order valence-electron chi connectivity index (χ0n) is 6.84. The summed E-state index contributed by atoms with van der Waals surface area (Å²) >= 11 is 0. The summed E-state index contributed by atoms with van der Waals surface area (Å²) < 4.78 is 11.5. The second kappa shape index (κ2) is 2.69. The topological polar surface area (TPSA) is 90.2 Å². The van der Waals surface area contributed by atoms with Crippen molar-refractivity contribution in [3.63, 3.8) is 0 Å². The van der Waals surface area contributed by atoms with Crippen molar-refractivity contribution in [3.8, 4) is 0 Å². The van der Waals surface area contributed by atoms with Crippen LogP contribution in [0.1, 0.15) is 8.27 Å². The predicted octanol–water partition coefficient (Wildman–Crippen LogP) is -2.19. The van der Waals surface area contributed by atoms with Crippen LogP contribution in [0.25, 0.3) is 0 Å². The van der Waals surface area contributed by atoms with Gasteiger partial charge in [0.15, 0.2) is 5.79 Å². The molecule has 1 unspecified atom stereocenters. The van der Waals surface area contributed by atoms with Crippen molar-refractivity contribution in [3.05, 3.63) is 0 Å². The lowest BCUT2D eigenvalue weighted by Crippen LogP contribution is -2.40. The molecule has 0 aliphatic carbocycles. The molecular formula is C6H12O5. The highest BCUT2D eigenvalue weighted by Crippen LogP contribution is 2.27. The Morgan fingerprint density at radius 3 is 2.55 bits per heavy atom. The molecule has 4 atom stereocenters. The van der Waals surface area contributed by atoms with E-state index in [0.29, 0.717) is 0 Å². The molecule has 0 aromatic rings. The Labute approximate surface area is 65.3 Å². The van der Waals surface area contributed by atoms with E-state index in [-0.39, 0.29) is 0 Å². The third-order valence-electron chi connectivity index (χ3n) is 1.70. The van der Waals surface area contributed by atoms with E-state index < -0.39 is 37.6 Å². The van der Waals surface area contributed by atoms with Gasteiger partial charge in [-0.1, -0.05) is 0 Å². The van der Waals surface area contributed by atoms with Gasteiger partial charge in [-0.3, -0.25) is 0 Å². The highest BCUT2D eigenvalue weighted by atomic mass is 16.7. The van der Waals surface area contributed by atoms with Crippen molar-refractivity contribution in [2.24, 2.45) is 0 Å². The second-order valence-electron chi connectivity index (χ2n) is 2.62. The van der Waals surface area contributed by atoms with Gasteiger partial charge in [-0.2, -0.15) is 0 Å². The molecule has 5 heteroatoms. The molecule has 0 bridgehead atoms. The van der Waals surface area contributed by atoms with Gasteiger partial charge in [0.25, 0.3) is 0 Å². The molecule has 0 saturated carbocycles. The lowest BCUT2D eigenvalue weighted by Gasteiger charge is -2.19. The van der Waals surface area contributed by atoms with Crippen LogP contribution in [0, 0.1) is 0 Å². The smallest absolute Gasteiger partial charge is 0.192 e. The summed E-state index contributed by atoms with van der Waals surface area (Å²) in [6.07, 6.45) is -3.90. The Morgan fingerprint density at radius 2 is 2.27 bits per heavy atom. The monoisotopic (exact) mass is 165 g/mol. The van der Waals surface area contributed by atoms with E-state index in [2.05, 4.69) is 4.74 Å². The van der Waals surface area contributed by atoms with Crippen LogP contribution in [0.3, 0.4) is 0 Å². The predicted molar refractivity (Wildman–Crippen MR) is 34.6 cm³/mol. The van der Waals surface area contributed by atoms with Gasteiger partial charge >= 0.3 is 0 Å². The molecule has 0 radical (unpaired) electrons. The van der Waals surface area contributed by atoms with Crippen molar-refractivity contribution in [1.29, 1.82) is 0 Å². The van der Waals surface area contributed by atoms with E-state index in [1.54, 1.807) is 0 Å². The quantitative estimate of drug-likeness (QED) is 0.354. The zero-order chi connectivity index (χ0) is 9.35. The standard InChI is InChI=1S/C6H12O5/c1-6(10)5(9)4(8)3(2-7)11-6/h3-5,7-10H,2H2,1H3/t3-,4-,5+,6?/m1/s1/i1D. The lowest BCUT2D eigenvalue weighted by molar-refractivity contribution is -0.217. The van der Waals surface area contributed by atoms with Gasteiger partial charge in [0, 0.05) is 1.37 Å². The van der Waals surface area contributed by atoms with Crippen LogP contribution in [0.2, 0.25) is 0 Å². The molecule has 5 nitrogen and oxygen atoms in total. The average Bonchev–Trinajstić information content (AvgIpc) is 2.31. The Morgan fingerprint density at radius 1 is 1.64 bits per heavy atom. The first-order chi connectivity index (χ1) is 5.55. The summed E-state index contributed by atoms with van der Waals surface area (Å²) in [5, 5.41) is 36.2. The Balaban J connectivity index is 2.72. The van der Waals surface area contributed by atoms with Crippen molar-refractivity contribution in [1.82, 2.24) is 0 Å². The Kier molecular flexibility index (Phi) is 1.82. The third kappa shape index (κ3) is 1.38. The van der Waals surface area contributed by atoms with Gasteiger partial charge in [0.1, 0.15) is 18.3 Å². The van der Waals surface area contributed by atoms with Crippen molar-refractivity contribution in [2.45, 2.75) is 31.0 Å². The summed E-state index contributed by atoms with van der Waals surface area (Å²) in [7, 11) is 0. The average molecular weight is 165 g/mol. The molecule has 1 aliphatic heterocycles. The van der Waals surface area contributed by atoms with Crippen LogP contribution in [0.15, 0.2) is 0 Å². The molecule has 66 valence electrons. The molecular weight excluding hydrogens is 152 g/mol. The highest BCUT2D eigenvalue weighted by molar-refractivity contribution is 4.92. The summed E-state index contributed by atoms with van der Waals surface area (Å²) in [5.41, 5.74) is 0. The van der Waals surface area contributed by atoms with Crippen molar-refractivity contribution >= 4 is 0 Å². The molecule has 1 aliphatic rings. The summed E-state index contributed by atoms with van der Waals surface area (Å²) in [6.45, 7) is -1.08. The number of hydrogen-bond donors (Lipinski definition) is 4. The number of ether oxygens (including phenoxy) is 1. The van der Waals surface area contributed by atoms with E-state index in [1.165, 1.54) is 0 Å². The molecule has 0 aromatic heterocycles. The Bertz CT molecular complexity index is 166. The van der Waals surface area contributed by atoms with Gasteiger partial charge in [-0.25, -0.2) is 0 Å². The molecule has 1 saturated heterocycles. The number of aliphatic hydroxyl groups excluding tert-OH is 3. The number of aliphatic hydroxyl groups is 4. The third-order valence-corrected chi connectivity index (χ3v) is 1.70. The molecule has 0 amide bonds. The van der Waals surface area contributed by atoms with Crippen LogP contribution >= 0.6 is 0 Å². The van der Waals surface area contributed by atoms with Gasteiger partial charge in [0.2, 0.25) is 0 Å². The van der Waals surface area contributed by atoms with Gasteiger partial charge in [-0.05, 0) is 6.90 Å². The van der Waals surface area contributed by atoms with Gasteiger partial charge < -0.3 is 25.2 Å². The fraction of sp³-hybridized carbons (Fsp3) is 1.00. The van der Waals surface area contributed by atoms with Crippen LogP contribution in [-0.2, 0) is 4.74 Å². The Hall–Kier alpha value is -0.200. The molecule has 0 aromatic carbocycles. The first-order valence-corrected chi connectivity index (χ1v) is 3.21. The fourth-order valence-electron chi connectivity index (χ4n) is 1.02. The summed E-state index contributed by atoms with van der Waals surface area (Å²) in [4.78, 5) is 0. The maximum atomic E-state index is 9.31. The normalized spacial score (nSPS) is 52.7. The van der Waals surface area contributed by atoms with E-state index in [1.807, 2.05) is 0 Å². The van der Waals surface area contributed by atoms with Gasteiger partial charge in [-0.15, -0.1) is 0 Å². The minimum atomic E-state index is -2.05. The van der Waals surface area contributed by atoms with Crippen LogP contribution in [-0.4, -0.2) is 51.1 Å². The molecule has 1 heterocycles. The van der Waals surface area contributed by atoms with Crippen LogP contribution in [0.5, 0.6) is 0 Å². The minimum Gasteiger partial charge on any atom is -0.394 e. The maximum absolute atomic E-state index is 9.31. The lowest BCUT2D eigenvalue weighted by atomic mass is 10.1. The molecule has 1 rings (SSSR count). The minimum absolute atomic E-state index is 0.499. The second-order valence-corrected chi connectivity index (χ2v) is 2.62. The maximum Gasteiger partial charge on any atom is 0.192 e. The first kappa shape index (κ1) is 7.45. The van der Waals surface area contributed by atoms with Gasteiger partial charge in [0.05, 0.1) is 6.61 Å². The molecule has 1 fully saturated rings. The zero-order valence-corrected chi connectivity index (χ0v) is 5.84. The molecule has 4 N–H and O–H groups in total.